The van der Waals surface area contributed by atoms with Crippen LogP contribution in [0, 0.1) is 5.41 Å². The first-order valence-electron chi connectivity index (χ1n) is 12.9. The summed E-state index contributed by atoms with van der Waals surface area (Å²) in [6, 6.07) is 4.61. The van der Waals surface area contributed by atoms with Gasteiger partial charge in [-0.2, -0.15) is 0 Å². The molecule has 0 bridgehead atoms. The van der Waals surface area contributed by atoms with E-state index in [4.69, 9.17) is 4.74 Å². The lowest BCUT2D eigenvalue weighted by Crippen LogP contribution is -2.54. The summed E-state index contributed by atoms with van der Waals surface area (Å²) in [6.45, 7) is 5.93. The number of anilines is 1. The Morgan fingerprint density at radius 2 is 1.81 bits per heavy atom. The molecule has 10 heteroatoms. The summed E-state index contributed by atoms with van der Waals surface area (Å²) in [5.74, 6) is -0.948. The van der Waals surface area contributed by atoms with Gasteiger partial charge in [-0.1, -0.05) is 40.0 Å². The lowest BCUT2D eigenvalue weighted by molar-refractivity contribution is -0.128. The second kappa shape index (κ2) is 12.2. The van der Waals surface area contributed by atoms with Crippen molar-refractivity contribution in [2.75, 3.05) is 17.1 Å². The van der Waals surface area contributed by atoms with Gasteiger partial charge in [0, 0.05) is 11.3 Å². The Morgan fingerprint density at radius 1 is 1.14 bits per heavy atom. The van der Waals surface area contributed by atoms with Crippen molar-refractivity contribution in [2.45, 2.75) is 90.3 Å². The van der Waals surface area contributed by atoms with Crippen molar-refractivity contribution in [1.82, 2.24) is 10.6 Å². The fourth-order valence-corrected chi connectivity index (χ4v) is 6.26. The summed E-state index contributed by atoms with van der Waals surface area (Å²) in [7, 11) is -3.44. The number of unbranched alkanes of at least 4 members (excludes halogenated alkanes) is 1. The average Bonchev–Trinajstić information content (AvgIpc) is 3.42. The van der Waals surface area contributed by atoms with E-state index in [1.165, 1.54) is 24.3 Å². The van der Waals surface area contributed by atoms with E-state index < -0.39 is 28.0 Å². The van der Waals surface area contributed by atoms with Crippen molar-refractivity contribution < 1.29 is 27.5 Å². The summed E-state index contributed by atoms with van der Waals surface area (Å²) in [6.07, 6.45) is 6.16. The summed E-state index contributed by atoms with van der Waals surface area (Å²) in [4.78, 5) is 38.6. The van der Waals surface area contributed by atoms with Crippen LogP contribution in [0.3, 0.4) is 0 Å². The van der Waals surface area contributed by atoms with E-state index in [2.05, 4.69) is 22.3 Å². The number of Topliss-reactive ketones (excluding diaryl/α,β-unsaturated/α-hetero) is 1. The molecule has 1 saturated carbocycles. The Morgan fingerprint density at radius 3 is 2.42 bits per heavy atom. The quantitative estimate of drug-likeness (QED) is 0.387. The normalized spacial score (nSPS) is 22.2. The van der Waals surface area contributed by atoms with Crippen LogP contribution in [-0.4, -0.2) is 56.6 Å². The predicted molar refractivity (Wildman–Crippen MR) is 138 cm³/mol. The Bertz CT molecular complexity index is 1030. The Hall–Kier alpha value is -2.46. The maximum absolute atomic E-state index is 13.3. The molecule has 9 nitrogen and oxygen atoms in total. The molecule has 0 unspecified atom stereocenters. The highest BCUT2D eigenvalue weighted by Crippen LogP contribution is 2.41. The maximum atomic E-state index is 13.3. The van der Waals surface area contributed by atoms with E-state index in [1.54, 1.807) is 0 Å². The number of hydrogen-bond acceptors (Lipinski definition) is 6. The third-order valence-corrected chi connectivity index (χ3v) is 8.55. The zero-order valence-electron chi connectivity index (χ0n) is 21.5. The van der Waals surface area contributed by atoms with Gasteiger partial charge >= 0.3 is 0 Å². The van der Waals surface area contributed by atoms with E-state index in [0.717, 1.165) is 32.1 Å². The van der Waals surface area contributed by atoms with Crippen LogP contribution in [0.1, 0.15) is 82.5 Å². The van der Waals surface area contributed by atoms with Crippen molar-refractivity contribution in [1.29, 1.82) is 0 Å². The first kappa shape index (κ1) is 28.1. The van der Waals surface area contributed by atoms with E-state index in [9.17, 15) is 22.8 Å². The standard InChI is InChI=1S/C26H39N3O6S/c1-4-6-15-36(33,34)29-19-11-9-18(10-12-19)24(31)27-20(16-26(3)13-7-8-14-26)25(32)28-23-21(30)17-35-22(23)5-2/h9-12,20,22-23,29H,4-8,13-17H2,1-3H3,(H,27,31)(H,28,32)/t20-,22-,23+/m0/s1. The lowest BCUT2D eigenvalue weighted by Gasteiger charge is -2.30. The molecule has 1 aliphatic carbocycles. The van der Waals surface area contributed by atoms with Gasteiger partial charge in [-0.15, -0.1) is 0 Å². The third-order valence-electron chi connectivity index (χ3n) is 7.17. The largest absolute Gasteiger partial charge is 0.368 e. The summed E-state index contributed by atoms with van der Waals surface area (Å²) < 4.78 is 32.3. The molecule has 2 amide bonds. The molecule has 1 heterocycles. The van der Waals surface area contributed by atoms with Crippen molar-refractivity contribution in [3.05, 3.63) is 29.8 Å². The fourth-order valence-electron chi connectivity index (χ4n) is 4.99. The first-order chi connectivity index (χ1) is 17.1. The molecule has 1 aliphatic heterocycles. The monoisotopic (exact) mass is 521 g/mol. The number of ether oxygens (including phenoxy) is 1. The smallest absolute Gasteiger partial charge is 0.251 e. The highest BCUT2D eigenvalue weighted by molar-refractivity contribution is 7.92. The minimum absolute atomic E-state index is 0.0211. The number of nitrogens with one attached hydrogen (secondary N) is 3. The number of rotatable bonds is 12. The number of carbonyl (C=O) groups excluding carboxylic acids is 3. The molecule has 3 N–H and O–H groups in total. The number of sulfonamides is 1. The number of benzene rings is 1. The van der Waals surface area contributed by atoms with E-state index >= 15 is 0 Å². The maximum Gasteiger partial charge on any atom is 0.251 e. The van der Waals surface area contributed by atoms with Crippen LogP contribution >= 0.6 is 0 Å². The number of amides is 2. The van der Waals surface area contributed by atoms with Gasteiger partial charge in [0.25, 0.3) is 5.91 Å². The minimum Gasteiger partial charge on any atom is -0.368 e. The molecule has 1 saturated heterocycles. The summed E-state index contributed by atoms with van der Waals surface area (Å²) in [5.41, 5.74) is 0.615. The molecule has 0 radical (unpaired) electrons. The minimum atomic E-state index is -3.44. The van der Waals surface area contributed by atoms with Crippen LogP contribution < -0.4 is 15.4 Å². The molecule has 1 aromatic rings. The molecule has 36 heavy (non-hydrogen) atoms. The van der Waals surface area contributed by atoms with Crippen LogP contribution in [0.25, 0.3) is 0 Å². The molecular weight excluding hydrogens is 482 g/mol. The van der Waals surface area contributed by atoms with Crippen molar-refractivity contribution in [2.24, 2.45) is 5.41 Å². The van der Waals surface area contributed by atoms with E-state index in [1.807, 2.05) is 13.8 Å². The van der Waals surface area contributed by atoms with Crippen LogP contribution in [0.4, 0.5) is 5.69 Å². The average molecular weight is 522 g/mol. The van der Waals surface area contributed by atoms with Crippen LogP contribution in [0.15, 0.2) is 24.3 Å². The highest BCUT2D eigenvalue weighted by Gasteiger charge is 2.39. The number of carbonyl (C=O) groups is 3. The fraction of sp³-hybridized carbons (Fsp3) is 0.654. The van der Waals surface area contributed by atoms with Gasteiger partial charge in [-0.25, -0.2) is 8.42 Å². The molecule has 2 fully saturated rings. The first-order valence-corrected chi connectivity index (χ1v) is 14.6. The SMILES string of the molecule is CCCCS(=O)(=O)Nc1ccc(C(=O)N[C@@H](CC2(C)CCCC2)C(=O)N[C@@H]2C(=O)CO[C@H]2CC)cc1. The Labute approximate surface area is 214 Å². The second-order valence-electron chi connectivity index (χ2n) is 10.3. The highest BCUT2D eigenvalue weighted by atomic mass is 32.2. The third kappa shape index (κ3) is 7.52. The van der Waals surface area contributed by atoms with Gasteiger partial charge in [-0.3, -0.25) is 19.1 Å². The number of hydrogen-bond donors (Lipinski definition) is 3. The second-order valence-corrected chi connectivity index (χ2v) is 12.2. The van der Waals surface area contributed by atoms with E-state index in [0.29, 0.717) is 30.5 Å². The van der Waals surface area contributed by atoms with Crippen LogP contribution in [-0.2, 0) is 24.3 Å². The zero-order chi connectivity index (χ0) is 26.3. The number of ketones is 1. The molecule has 200 valence electrons. The Kier molecular flexibility index (Phi) is 9.52. The molecule has 1 aromatic carbocycles. The van der Waals surface area contributed by atoms with Crippen LogP contribution in [0.2, 0.25) is 0 Å². The van der Waals surface area contributed by atoms with Crippen LogP contribution in [0.5, 0.6) is 0 Å². The van der Waals surface area contributed by atoms with Gasteiger partial charge in [-0.05, 0) is 61.8 Å². The molecular formula is C26H39N3O6S. The zero-order valence-corrected chi connectivity index (χ0v) is 22.3. The van der Waals surface area contributed by atoms with Crippen molar-refractivity contribution in [3.8, 4) is 0 Å². The van der Waals surface area contributed by atoms with Crippen molar-refractivity contribution in [3.63, 3.8) is 0 Å². The summed E-state index contributed by atoms with van der Waals surface area (Å²) in [5, 5.41) is 5.69. The van der Waals surface area contributed by atoms with E-state index in [-0.39, 0.29) is 35.6 Å². The van der Waals surface area contributed by atoms with Gasteiger partial charge in [0.05, 0.1) is 11.9 Å². The lowest BCUT2D eigenvalue weighted by atomic mass is 9.81. The molecule has 2 aliphatic rings. The Balaban J connectivity index is 1.70. The molecule has 3 atom stereocenters. The van der Waals surface area contributed by atoms with Gasteiger partial charge in [0.2, 0.25) is 15.9 Å². The van der Waals surface area contributed by atoms with Gasteiger partial charge in [0.1, 0.15) is 18.7 Å². The topological polar surface area (TPSA) is 131 Å². The predicted octanol–water partition coefficient (Wildman–Crippen LogP) is 3.16. The molecule has 0 spiro atoms. The molecule has 3 rings (SSSR count). The van der Waals surface area contributed by atoms with Gasteiger partial charge < -0.3 is 15.4 Å². The molecule has 0 aromatic heterocycles. The van der Waals surface area contributed by atoms with Gasteiger partial charge in [0.15, 0.2) is 5.78 Å². The summed E-state index contributed by atoms with van der Waals surface area (Å²) >= 11 is 0. The van der Waals surface area contributed by atoms with Crippen molar-refractivity contribution >= 4 is 33.3 Å².